The van der Waals surface area contributed by atoms with Crippen molar-refractivity contribution < 1.29 is 14.7 Å². The van der Waals surface area contributed by atoms with Crippen molar-refractivity contribution in [3.63, 3.8) is 0 Å². The molecule has 0 aromatic rings. The summed E-state index contributed by atoms with van der Waals surface area (Å²) in [5.41, 5.74) is 2.87. The minimum atomic E-state index is -0.791. The van der Waals surface area contributed by atoms with Crippen molar-refractivity contribution in [1.29, 1.82) is 0 Å². The fraction of sp³-hybridized carbons (Fsp3) is 0.714. The normalized spacial score (nSPS) is 46.1. The summed E-state index contributed by atoms with van der Waals surface area (Å²) in [7, 11) is 0. The fourth-order valence-electron chi connectivity index (χ4n) is 6.79. The number of allylic oxidation sites excluding steroid dienone is 2. The Morgan fingerprint density at radius 1 is 1.08 bits per heavy atom. The number of carboxylic acid groups (broad SMARTS) is 1. The van der Waals surface area contributed by atoms with Crippen molar-refractivity contribution in [3.05, 3.63) is 23.3 Å². The number of carboxylic acids is 1. The van der Waals surface area contributed by atoms with Gasteiger partial charge >= 0.3 is 5.97 Å². The Balaban J connectivity index is 1.67. The van der Waals surface area contributed by atoms with Gasteiger partial charge < -0.3 is 5.11 Å². The van der Waals surface area contributed by atoms with Crippen LogP contribution in [0.1, 0.15) is 65.2 Å². The van der Waals surface area contributed by atoms with Crippen LogP contribution in [0.4, 0.5) is 0 Å². The van der Waals surface area contributed by atoms with Crippen LogP contribution in [0.3, 0.4) is 0 Å². The van der Waals surface area contributed by atoms with Gasteiger partial charge in [0.1, 0.15) is 0 Å². The fourth-order valence-corrected chi connectivity index (χ4v) is 6.79. The molecule has 130 valence electrons. The minimum absolute atomic E-state index is 0.0849. The lowest BCUT2D eigenvalue weighted by Crippen LogP contribution is -2.49. The van der Waals surface area contributed by atoms with Gasteiger partial charge in [-0.15, -0.1) is 0 Å². The van der Waals surface area contributed by atoms with Gasteiger partial charge in [-0.25, -0.2) is 4.79 Å². The highest BCUT2D eigenvalue weighted by molar-refractivity contribution is 5.91. The van der Waals surface area contributed by atoms with Crippen molar-refractivity contribution in [1.82, 2.24) is 0 Å². The third kappa shape index (κ3) is 2.16. The maximum Gasteiger partial charge on any atom is 0.328 e. The highest BCUT2D eigenvalue weighted by Gasteiger charge is 2.57. The largest absolute Gasteiger partial charge is 0.478 e. The predicted octanol–water partition coefficient (Wildman–Crippen LogP) is 4.53. The van der Waals surface area contributed by atoms with Crippen molar-refractivity contribution in [2.24, 2.45) is 28.6 Å². The Bertz CT molecular complexity index is 658. The molecule has 4 aliphatic carbocycles. The third-order valence-electron chi connectivity index (χ3n) is 8.11. The van der Waals surface area contributed by atoms with Crippen LogP contribution in [0.15, 0.2) is 23.3 Å². The topological polar surface area (TPSA) is 54.4 Å². The molecule has 0 amide bonds. The number of hydrogen-bond donors (Lipinski definition) is 1. The molecule has 0 aromatic carbocycles. The molecule has 0 spiro atoms. The molecule has 3 saturated carbocycles. The van der Waals surface area contributed by atoms with Gasteiger partial charge in [-0.1, -0.05) is 25.0 Å². The number of hydrogen-bond acceptors (Lipinski definition) is 2. The zero-order valence-corrected chi connectivity index (χ0v) is 14.8. The lowest BCUT2D eigenvalue weighted by molar-refractivity contribution is -0.131. The molecule has 0 saturated heterocycles. The predicted molar refractivity (Wildman–Crippen MR) is 92.4 cm³/mol. The number of carbonyl (C=O) groups is 2. The summed E-state index contributed by atoms with van der Waals surface area (Å²) in [4.78, 5) is 23.1. The number of carbonyl (C=O) groups excluding carboxylic acids is 1. The molecule has 0 unspecified atom stereocenters. The average Bonchev–Trinajstić information content (AvgIpc) is 2.84. The first-order valence-corrected chi connectivity index (χ1v) is 9.52. The second-order valence-electron chi connectivity index (χ2n) is 8.97. The SMILES string of the molecule is C[C@]12CCC(=O)C=C1CC[C@@H]1[C@@H]2CC[C@]2(C)C(=CC(=O)O)CC[C@@H]12. The van der Waals surface area contributed by atoms with Gasteiger partial charge in [0.25, 0.3) is 0 Å². The maximum absolute atomic E-state index is 11.9. The molecule has 4 rings (SSSR count). The number of aliphatic carboxylic acids is 1. The van der Waals surface area contributed by atoms with E-state index in [4.69, 9.17) is 0 Å². The van der Waals surface area contributed by atoms with Crippen molar-refractivity contribution in [2.45, 2.75) is 65.2 Å². The van der Waals surface area contributed by atoms with E-state index in [2.05, 4.69) is 13.8 Å². The van der Waals surface area contributed by atoms with Gasteiger partial charge in [0, 0.05) is 12.5 Å². The Hall–Kier alpha value is -1.38. The van der Waals surface area contributed by atoms with Crippen LogP contribution in [-0.4, -0.2) is 16.9 Å². The Morgan fingerprint density at radius 2 is 1.83 bits per heavy atom. The van der Waals surface area contributed by atoms with Gasteiger partial charge in [0.2, 0.25) is 0 Å². The molecule has 3 fully saturated rings. The molecule has 0 heterocycles. The Labute approximate surface area is 144 Å². The highest BCUT2D eigenvalue weighted by Crippen LogP contribution is 2.66. The van der Waals surface area contributed by atoms with E-state index in [-0.39, 0.29) is 10.8 Å². The molecule has 24 heavy (non-hydrogen) atoms. The van der Waals surface area contributed by atoms with Gasteiger partial charge in [0.15, 0.2) is 5.78 Å². The molecule has 0 aliphatic heterocycles. The second kappa shape index (κ2) is 5.31. The van der Waals surface area contributed by atoms with E-state index in [1.165, 1.54) is 30.1 Å². The standard InChI is InChI=1S/C21H28O3/c1-20-9-7-15(22)11-13(20)3-5-16-17-6-4-14(12-19(23)24)21(17,2)10-8-18(16)20/h11-12,16-18H,3-10H2,1-2H3,(H,23,24)/t16-,17-,18-,20-,21+/m0/s1. The zero-order chi connectivity index (χ0) is 17.1. The molecule has 3 heteroatoms. The van der Waals surface area contributed by atoms with Crippen LogP contribution in [0.25, 0.3) is 0 Å². The van der Waals surface area contributed by atoms with E-state index < -0.39 is 5.97 Å². The summed E-state index contributed by atoms with van der Waals surface area (Å²) in [6, 6.07) is 0. The van der Waals surface area contributed by atoms with Gasteiger partial charge in [-0.3, -0.25) is 4.79 Å². The van der Waals surface area contributed by atoms with E-state index in [9.17, 15) is 14.7 Å². The first-order valence-electron chi connectivity index (χ1n) is 9.52. The van der Waals surface area contributed by atoms with Gasteiger partial charge in [-0.2, -0.15) is 0 Å². The average molecular weight is 328 g/mol. The van der Waals surface area contributed by atoms with Gasteiger partial charge in [-0.05, 0) is 79.6 Å². The summed E-state index contributed by atoms with van der Waals surface area (Å²) in [6.07, 6.45) is 11.8. The second-order valence-corrected chi connectivity index (χ2v) is 8.97. The third-order valence-corrected chi connectivity index (χ3v) is 8.11. The van der Waals surface area contributed by atoms with Crippen LogP contribution in [0.5, 0.6) is 0 Å². The molecule has 4 aliphatic rings. The molecular formula is C21H28O3. The molecule has 0 aromatic heterocycles. The molecule has 0 radical (unpaired) electrons. The lowest BCUT2D eigenvalue weighted by atomic mass is 9.47. The monoisotopic (exact) mass is 328 g/mol. The van der Waals surface area contributed by atoms with Crippen LogP contribution in [0.2, 0.25) is 0 Å². The molecular weight excluding hydrogens is 300 g/mol. The van der Waals surface area contributed by atoms with Crippen molar-refractivity contribution in [2.75, 3.05) is 0 Å². The Kier molecular flexibility index (Phi) is 3.56. The first-order chi connectivity index (χ1) is 11.3. The molecule has 5 atom stereocenters. The maximum atomic E-state index is 11.9. The van der Waals surface area contributed by atoms with E-state index >= 15 is 0 Å². The van der Waals surface area contributed by atoms with E-state index in [1.54, 1.807) is 0 Å². The minimum Gasteiger partial charge on any atom is -0.478 e. The number of fused-ring (bicyclic) bond motifs is 5. The van der Waals surface area contributed by atoms with Crippen molar-refractivity contribution >= 4 is 11.8 Å². The van der Waals surface area contributed by atoms with E-state index in [1.807, 2.05) is 6.08 Å². The lowest BCUT2D eigenvalue weighted by Gasteiger charge is -2.57. The Morgan fingerprint density at radius 3 is 2.58 bits per heavy atom. The molecule has 3 nitrogen and oxygen atoms in total. The number of rotatable bonds is 1. The smallest absolute Gasteiger partial charge is 0.328 e. The summed E-state index contributed by atoms with van der Waals surface area (Å²) >= 11 is 0. The van der Waals surface area contributed by atoms with Crippen molar-refractivity contribution in [3.8, 4) is 0 Å². The van der Waals surface area contributed by atoms with Crippen LogP contribution >= 0.6 is 0 Å². The number of ketones is 1. The summed E-state index contributed by atoms with van der Waals surface area (Å²) in [5, 5.41) is 9.22. The zero-order valence-electron chi connectivity index (χ0n) is 14.8. The highest BCUT2D eigenvalue weighted by atomic mass is 16.4. The van der Waals surface area contributed by atoms with E-state index in [0.717, 1.165) is 32.1 Å². The summed E-state index contributed by atoms with van der Waals surface area (Å²) in [5.74, 6) is 1.51. The first kappa shape index (κ1) is 16.1. The summed E-state index contributed by atoms with van der Waals surface area (Å²) < 4.78 is 0. The molecule has 1 N–H and O–H groups in total. The quantitative estimate of drug-likeness (QED) is 0.720. The van der Waals surface area contributed by atoms with Crippen LogP contribution in [0, 0.1) is 28.6 Å². The van der Waals surface area contributed by atoms with Crippen LogP contribution in [-0.2, 0) is 9.59 Å². The summed E-state index contributed by atoms with van der Waals surface area (Å²) in [6.45, 7) is 4.71. The van der Waals surface area contributed by atoms with Crippen LogP contribution < -0.4 is 0 Å². The van der Waals surface area contributed by atoms with E-state index in [0.29, 0.717) is 30.0 Å². The van der Waals surface area contributed by atoms with Gasteiger partial charge in [0.05, 0.1) is 0 Å². The molecule has 0 bridgehead atoms.